The summed E-state index contributed by atoms with van der Waals surface area (Å²) in [5, 5.41) is 0. The fraction of sp³-hybridized carbons (Fsp3) is 0.571. The van der Waals surface area contributed by atoms with Gasteiger partial charge >= 0.3 is 0 Å². The Hall–Kier alpha value is -0.780. The predicted octanol–water partition coefficient (Wildman–Crippen LogP) is 2.52. The second-order valence-corrected chi connectivity index (χ2v) is 5.84. The third-order valence-electron chi connectivity index (χ3n) is 3.32. The Morgan fingerprint density at radius 3 is 3.05 bits per heavy atom. The highest BCUT2D eigenvalue weighted by molar-refractivity contribution is 9.10. The molecule has 1 unspecified atom stereocenters. The van der Waals surface area contributed by atoms with Crippen LogP contribution in [0.3, 0.4) is 0 Å². The van der Waals surface area contributed by atoms with Crippen molar-refractivity contribution in [2.75, 3.05) is 32.0 Å². The monoisotopic (exact) mass is 328 g/mol. The highest BCUT2D eigenvalue weighted by Gasteiger charge is 2.22. The molecule has 1 aromatic carbocycles. The smallest absolute Gasteiger partial charge is 0.135 e. The van der Waals surface area contributed by atoms with Gasteiger partial charge in [0, 0.05) is 24.8 Å². The van der Waals surface area contributed by atoms with Crippen LogP contribution in [0.2, 0.25) is 0 Å². The molecule has 0 aromatic heterocycles. The Labute approximate surface area is 123 Å². The van der Waals surface area contributed by atoms with Gasteiger partial charge in [-0.05, 0) is 41.9 Å². The number of hydrogen-bond acceptors (Lipinski definition) is 4. The third-order valence-corrected chi connectivity index (χ3v) is 4.17. The zero-order chi connectivity index (χ0) is 13.8. The van der Waals surface area contributed by atoms with E-state index in [4.69, 9.17) is 15.2 Å². The van der Waals surface area contributed by atoms with Crippen LogP contribution in [0.15, 0.2) is 22.7 Å². The van der Waals surface area contributed by atoms with Gasteiger partial charge in [0.2, 0.25) is 0 Å². The summed E-state index contributed by atoms with van der Waals surface area (Å²) in [6.07, 6.45) is 0.115. The molecule has 1 heterocycles. The number of benzene rings is 1. The van der Waals surface area contributed by atoms with Crippen LogP contribution in [0.25, 0.3) is 0 Å². The van der Waals surface area contributed by atoms with Gasteiger partial charge in [0.05, 0.1) is 11.1 Å². The summed E-state index contributed by atoms with van der Waals surface area (Å²) in [4.78, 5) is 2.41. The summed E-state index contributed by atoms with van der Waals surface area (Å²) in [7, 11) is 0. The lowest BCUT2D eigenvalue weighted by Gasteiger charge is -2.35. The van der Waals surface area contributed by atoms with Gasteiger partial charge in [-0.2, -0.15) is 0 Å². The molecule has 106 valence electrons. The summed E-state index contributed by atoms with van der Waals surface area (Å²) in [5.41, 5.74) is 6.51. The SMILES string of the molecule is CC(C)N1CCOC(COc2cccc(N)c2Br)C1. The van der Waals surface area contributed by atoms with E-state index in [0.717, 1.165) is 29.9 Å². The van der Waals surface area contributed by atoms with Crippen LogP contribution in [-0.4, -0.2) is 43.3 Å². The number of nitrogens with zero attached hydrogens (tertiary/aromatic N) is 1. The molecule has 1 fully saturated rings. The van der Waals surface area contributed by atoms with Gasteiger partial charge in [0.15, 0.2) is 0 Å². The molecule has 0 spiro atoms. The maximum absolute atomic E-state index is 5.82. The number of nitrogens with two attached hydrogens (primary N) is 1. The molecule has 0 aliphatic carbocycles. The summed E-state index contributed by atoms with van der Waals surface area (Å²) < 4.78 is 12.4. The molecular weight excluding hydrogens is 308 g/mol. The minimum atomic E-state index is 0.115. The topological polar surface area (TPSA) is 47.7 Å². The predicted molar refractivity (Wildman–Crippen MR) is 80.5 cm³/mol. The molecule has 19 heavy (non-hydrogen) atoms. The number of rotatable bonds is 4. The first-order chi connectivity index (χ1) is 9.08. The van der Waals surface area contributed by atoms with Crippen molar-refractivity contribution in [1.29, 1.82) is 0 Å². The van der Waals surface area contributed by atoms with Crippen molar-refractivity contribution in [3.63, 3.8) is 0 Å². The van der Waals surface area contributed by atoms with E-state index in [0.29, 0.717) is 18.3 Å². The minimum absolute atomic E-state index is 0.115. The van der Waals surface area contributed by atoms with Crippen molar-refractivity contribution in [1.82, 2.24) is 4.90 Å². The Balaban J connectivity index is 1.90. The van der Waals surface area contributed by atoms with E-state index >= 15 is 0 Å². The summed E-state index contributed by atoms with van der Waals surface area (Å²) in [5.74, 6) is 0.769. The van der Waals surface area contributed by atoms with E-state index in [9.17, 15) is 0 Å². The van der Waals surface area contributed by atoms with E-state index < -0.39 is 0 Å². The second-order valence-electron chi connectivity index (χ2n) is 5.05. The van der Waals surface area contributed by atoms with E-state index in [1.807, 2.05) is 18.2 Å². The van der Waals surface area contributed by atoms with Crippen molar-refractivity contribution >= 4 is 21.6 Å². The molecular formula is C14H21BrN2O2. The van der Waals surface area contributed by atoms with Crippen molar-refractivity contribution in [3.8, 4) is 5.75 Å². The van der Waals surface area contributed by atoms with Gasteiger partial charge < -0.3 is 15.2 Å². The van der Waals surface area contributed by atoms with Crippen molar-refractivity contribution in [2.45, 2.75) is 26.0 Å². The maximum atomic E-state index is 5.82. The van der Waals surface area contributed by atoms with E-state index in [1.165, 1.54) is 0 Å². The fourth-order valence-electron chi connectivity index (χ4n) is 2.13. The highest BCUT2D eigenvalue weighted by Crippen LogP contribution is 2.30. The van der Waals surface area contributed by atoms with Crippen LogP contribution in [0, 0.1) is 0 Å². The van der Waals surface area contributed by atoms with Crippen molar-refractivity contribution in [2.24, 2.45) is 0 Å². The average molecular weight is 329 g/mol. The summed E-state index contributed by atoms with van der Waals surface area (Å²) in [6, 6.07) is 6.18. The molecule has 1 saturated heterocycles. The van der Waals surface area contributed by atoms with Gasteiger partial charge in [-0.25, -0.2) is 0 Å². The van der Waals surface area contributed by atoms with Crippen LogP contribution in [-0.2, 0) is 4.74 Å². The molecule has 1 aliphatic rings. The lowest BCUT2D eigenvalue weighted by Crippen LogP contribution is -2.47. The molecule has 1 atom stereocenters. The fourth-order valence-corrected chi connectivity index (χ4v) is 2.51. The molecule has 1 aliphatic heterocycles. The molecule has 0 amide bonds. The van der Waals surface area contributed by atoms with E-state index in [1.54, 1.807) is 0 Å². The van der Waals surface area contributed by atoms with Crippen LogP contribution in [0.5, 0.6) is 5.75 Å². The first-order valence-corrected chi connectivity index (χ1v) is 7.39. The molecule has 0 radical (unpaired) electrons. The normalized spacial score (nSPS) is 20.7. The molecule has 0 saturated carbocycles. The zero-order valence-electron chi connectivity index (χ0n) is 11.4. The van der Waals surface area contributed by atoms with E-state index in [2.05, 4.69) is 34.7 Å². The highest BCUT2D eigenvalue weighted by atomic mass is 79.9. The summed E-state index contributed by atoms with van der Waals surface area (Å²) >= 11 is 3.44. The lowest BCUT2D eigenvalue weighted by atomic mass is 10.2. The molecule has 2 N–H and O–H groups in total. The largest absolute Gasteiger partial charge is 0.490 e. The van der Waals surface area contributed by atoms with Gasteiger partial charge in [-0.1, -0.05) is 6.07 Å². The van der Waals surface area contributed by atoms with Crippen LogP contribution >= 0.6 is 15.9 Å². The molecule has 2 rings (SSSR count). The number of hydrogen-bond donors (Lipinski definition) is 1. The van der Waals surface area contributed by atoms with Gasteiger partial charge in [0.25, 0.3) is 0 Å². The first-order valence-electron chi connectivity index (χ1n) is 6.60. The Morgan fingerprint density at radius 2 is 2.32 bits per heavy atom. The Bertz CT molecular complexity index is 426. The van der Waals surface area contributed by atoms with Crippen LogP contribution in [0.1, 0.15) is 13.8 Å². The number of morpholine rings is 1. The molecule has 5 heteroatoms. The van der Waals surface area contributed by atoms with Crippen molar-refractivity contribution < 1.29 is 9.47 Å². The van der Waals surface area contributed by atoms with Gasteiger partial charge in [-0.15, -0.1) is 0 Å². The quantitative estimate of drug-likeness (QED) is 0.863. The zero-order valence-corrected chi connectivity index (χ0v) is 13.0. The second kappa shape index (κ2) is 6.59. The Kier molecular flexibility index (Phi) is 5.07. The molecule has 0 bridgehead atoms. The van der Waals surface area contributed by atoms with Crippen molar-refractivity contribution in [3.05, 3.63) is 22.7 Å². The first kappa shape index (κ1) is 14.6. The average Bonchev–Trinajstić information content (AvgIpc) is 2.41. The molecule has 1 aromatic rings. The van der Waals surface area contributed by atoms with Gasteiger partial charge in [-0.3, -0.25) is 4.90 Å². The minimum Gasteiger partial charge on any atom is -0.490 e. The standard InChI is InChI=1S/C14H21BrN2O2/c1-10(2)17-6-7-18-11(8-17)9-19-13-5-3-4-12(16)14(13)15/h3-5,10-11H,6-9,16H2,1-2H3. The summed E-state index contributed by atoms with van der Waals surface area (Å²) in [6.45, 7) is 7.64. The van der Waals surface area contributed by atoms with Gasteiger partial charge in [0.1, 0.15) is 18.5 Å². The van der Waals surface area contributed by atoms with Crippen LogP contribution in [0.4, 0.5) is 5.69 Å². The number of ether oxygens (including phenoxy) is 2. The maximum Gasteiger partial charge on any atom is 0.135 e. The van der Waals surface area contributed by atoms with E-state index in [-0.39, 0.29) is 6.10 Å². The number of nitrogen functional groups attached to an aromatic ring is 1. The number of halogens is 1. The lowest BCUT2D eigenvalue weighted by molar-refractivity contribution is -0.0565. The molecule has 4 nitrogen and oxygen atoms in total. The Morgan fingerprint density at radius 1 is 1.53 bits per heavy atom. The third kappa shape index (κ3) is 3.84. The number of anilines is 1. The van der Waals surface area contributed by atoms with Crippen LogP contribution < -0.4 is 10.5 Å².